The molecule has 1 heterocycles. The molecule has 0 spiro atoms. The van der Waals surface area contributed by atoms with Crippen molar-refractivity contribution < 1.29 is 19.1 Å². The van der Waals surface area contributed by atoms with E-state index in [4.69, 9.17) is 9.47 Å². The predicted molar refractivity (Wildman–Crippen MR) is 95.9 cm³/mol. The quantitative estimate of drug-likeness (QED) is 0.840. The maximum Gasteiger partial charge on any atom is 0.242 e. The predicted octanol–water partition coefficient (Wildman–Crippen LogP) is 2.47. The Bertz CT molecular complexity index is 846. The number of nitrogens with one attached hydrogen (secondary N) is 1. The minimum atomic E-state index is -0.944. The van der Waals surface area contributed by atoms with Gasteiger partial charge in [-0.1, -0.05) is 24.3 Å². The molecule has 2 aromatic rings. The summed E-state index contributed by atoms with van der Waals surface area (Å²) >= 11 is 0. The molecule has 26 heavy (non-hydrogen) atoms. The van der Waals surface area contributed by atoms with E-state index in [1.54, 1.807) is 11.9 Å². The number of fused-ring (bicyclic) bond motifs is 1. The van der Waals surface area contributed by atoms with Gasteiger partial charge in [-0.15, -0.1) is 0 Å². The van der Waals surface area contributed by atoms with Crippen LogP contribution in [0.3, 0.4) is 0 Å². The molecule has 1 fully saturated rings. The first-order valence-corrected chi connectivity index (χ1v) is 8.60. The van der Waals surface area contributed by atoms with E-state index in [1.807, 2.05) is 48.5 Å². The Kier molecular flexibility index (Phi) is 4.03. The van der Waals surface area contributed by atoms with Gasteiger partial charge >= 0.3 is 0 Å². The van der Waals surface area contributed by atoms with Crippen LogP contribution < -0.4 is 19.7 Å². The fraction of sp³-hybridized carbons (Fsp3) is 0.300. The smallest absolute Gasteiger partial charge is 0.242 e. The highest BCUT2D eigenvalue weighted by molar-refractivity contribution is 6.13. The Morgan fingerprint density at radius 2 is 1.81 bits per heavy atom. The summed E-state index contributed by atoms with van der Waals surface area (Å²) in [4.78, 5) is 27.1. The molecule has 1 aliphatic heterocycles. The lowest BCUT2D eigenvalue weighted by Gasteiger charge is -2.23. The van der Waals surface area contributed by atoms with Crippen LogP contribution in [0.2, 0.25) is 0 Å². The van der Waals surface area contributed by atoms with E-state index in [0.717, 1.165) is 11.3 Å². The van der Waals surface area contributed by atoms with Crippen LogP contribution in [0.4, 0.5) is 5.69 Å². The number of para-hydroxylation sites is 1. The van der Waals surface area contributed by atoms with Gasteiger partial charge in [-0.05, 0) is 42.7 Å². The Morgan fingerprint density at radius 3 is 2.54 bits per heavy atom. The Hall–Kier alpha value is -3.02. The van der Waals surface area contributed by atoms with Crippen molar-refractivity contribution in [2.75, 3.05) is 18.7 Å². The second-order valence-corrected chi connectivity index (χ2v) is 6.65. The number of hydrogen-bond acceptors (Lipinski definition) is 4. The second-order valence-electron chi connectivity index (χ2n) is 6.65. The van der Waals surface area contributed by atoms with E-state index in [0.29, 0.717) is 30.9 Å². The van der Waals surface area contributed by atoms with E-state index < -0.39 is 5.41 Å². The Balaban J connectivity index is 1.42. The van der Waals surface area contributed by atoms with Crippen LogP contribution >= 0.6 is 0 Å². The molecule has 134 valence electrons. The third-order valence-electron chi connectivity index (χ3n) is 4.93. The fourth-order valence-electron chi connectivity index (χ4n) is 3.16. The van der Waals surface area contributed by atoms with Crippen LogP contribution in [0.25, 0.3) is 0 Å². The third-order valence-corrected chi connectivity index (χ3v) is 4.93. The first kappa shape index (κ1) is 16.4. The number of rotatable bonds is 5. The number of benzene rings is 2. The Morgan fingerprint density at radius 1 is 1.08 bits per heavy atom. The molecule has 2 amide bonds. The van der Waals surface area contributed by atoms with Crippen molar-refractivity contribution in [3.63, 3.8) is 0 Å². The van der Waals surface area contributed by atoms with E-state index in [2.05, 4.69) is 5.32 Å². The van der Waals surface area contributed by atoms with Crippen LogP contribution in [0.15, 0.2) is 48.5 Å². The summed E-state index contributed by atoms with van der Waals surface area (Å²) in [6, 6.07) is 14.9. The largest absolute Gasteiger partial charge is 0.454 e. The van der Waals surface area contributed by atoms with Gasteiger partial charge in [0.15, 0.2) is 11.5 Å². The summed E-state index contributed by atoms with van der Waals surface area (Å²) in [5.41, 5.74) is 0.746. The van der Waals surface area contributed by atoms with Crippen LogP contribution in [0.1, 0.15) is 18.4 Å². The normalized spacial score (nSPS) is 16.0. The van der Waals surface area contributed by atoms with Crippen LogP contribution in [0.5, 0.6) is 11.5 Å². The third kappa shape index (κ3) is 2.87. The average molecular weight is 352 g/mol. The highest BCUT2D eigenvalue weighted by Gasteiger charge is 2.57. The number of hydrogen-bond donors (Lipinski definition) is 1. The molecular formula is C20H20N2O4. The Labute approximate surface area is 151 Å². The van der Waals surface area contributed by atoms with Crippen molar-refractivity contribution in [1.82, 2.24) is 5.32 Å². The van der Waals surface area contributed by atoms with Crippen molar-refractivity contribution >= 4 is 17.5 Å². The molecule has 6 nitrogen and oxygen atoms in total. The van der Waals surface area contributed by atoms with Gasteiger partial charge in [-0.3, -0.25) is 9.59 Å². The molecule has 0 aromatic heterocycles. The first-order valence-electron chi connectivity index (χ1n) is 8.60. The maximum absolute atomic E-state index is 12.9. The van der Waals surface area contributed by atoms with Crippen molar-refractivity contribution in [3.05, 3.63) is 54.1 Å². The number of carbonyl (C=O) groups is 2. The van der Waals surface area contributed by atoms with E-state index >= 15 is 0 Å². The molecule has 2 aromatic carbocycles. The number of amides is 2. The first-order chi connectivity index (χ1) is 12.6. The molecule has 0 atom stereocenters. The van der Waals surface area contributed by atoms with Gasteiger partial charge in [-0.25, -0.2) is 0 Å². The number of nitrogens with zero attached hydrogens (tertiary/aromatic N) is 1. The van der Waals surface area contributed by atoms with Gasteiger partial charge in [0.05, 0.1) is 0 Å². The van der Waals surface area contributed by atoms with Crippen molar-refractivity contribution in [2.24, 2.45) is 5.41 Å². The minimum Gasteiger partial charge on any atom is -0.454 e. The lowest BCUT2D eigenvalue weighted by molar-refractivity contribution is -0.135. The molecule has 0 unspecified atom stereocenters. The lowest BCUT2D eigenvalue weighted by atomic mass is 10.0. The average Bonchev–Trinajstić information content (AvgIpc) is 3.37. The van der Waals surface area contributed by atoms with Gasteiger partial charge in [0.25, 0.3) is 0 Å². The standard InChI is InChI=1S/C20H20N2O4/c1-22(15-5-3-2-4-6-15)19(24)20(9-10-20)18(23)21-12-14-7-8-16-17(11-14)26-13-25-16/h2-8,11H,9-10,12-13H2,1H3,(H,21,23). The minimum absolute atomic E-state index is 0.160. The number of anilines is 1. The summed E-state index contributed by atoms with van der Waals surface area (Å²) in [5, 5.41) is 2.90. The second kappa shape index (κ2) is 6.37. The van der Waals surface area contributed by atoms with E-state index in [1.165, 1.54) is 0 Å². The highest BCUT2D eigenvalue weighted by Crippen LogP contribution is 2.48. The van der Waals surface area contributed by atoms with Gasteiger partial charge in [0, 0.05) is 19.3 Å². The zero-order chi connectivity index (χ0) is 18.1. The lowest BCUT2D eigenvalue weighted by Crippen LogP contribution is -2.43. The van der Waals surface area contributed by atoms with E-state index in [-0.39, 0.29) is 18.6 Å². The summed E-state index contributed by atoms with van der Waals surface area (Å²) in [6.45, 7) is 0.564. The van der Waals surface area contributed by atoms with Gasteiger partial charge in [0.1, 0.15) is 5.41 Å². The molecule has 1 aliphatic carbocycles. The maximum atomic E-state index is 12.9. The van der Waals surface area contributed by atoms with Crippen LogP contribution in [-0.4, -0.2) is 25.7 Å². The molecule has 2 aliphatic rings. The molecule has 1 saturated carbocycles. The van der Waals surface area contributed by atoms with Crippen molar-refractivity contribution in [3.8, 4) is 11.5 Å². The molecule has 0 bridgehead atoms. The number of ether oxygens (including phenoxy) is 2. The molecule has 6 heteroatoms. The summed E-state index contributed by atoms with van der Waals surface area (Å²) < 4.78 is 10.6. The summed E-state index contributed by atoms with van der Waals surface area (Å²) in [5.74, 6) is 1.01. The topological polar surface area (TPSA) is 67.9 Å². The van der Waals surface area contributed by atoms with Crippen molar-refractivity contribution in [2.45, 2.75) is 19.4 Å². The monoisotopic (exact) mass is 352 g/mol. The van der Waals surface area contributed by atoms with Crippen LogP contribution in [-0.2, 0) is 16.1 Å². The molecule has 0 radical (unpaired) electrons. The zero-order valence-electron chi connectivity index (χ0n) is 14.5. The fourth-order valence-corrected chi connectivity index (χ4v) is 3.16. The van der Waals surface area contributed by atoms with Crippen LogP contribution in [0, 0.1) is 5.41 Å². The van der Waals surface area contributed by atoms with Crippen molar-refractivity contribution in [1.29, 1.82) is 0 Å². The summed E-state index contributed by atoms with van der Waals surface area (Å²) in [7, 11) is 1.71. The van der Waals surface area contributed by atoms with Gasteiger partial charge < -0.3 is 19.7 Å². The van der Waals surface area contributed by atoms with E-state index in [9.17, 15) is 9.59 Å². The molecule has 1 N–H and O–H groups in total. The van der Waals surface area contributed by atoms with Gasteiger partial charge in [0.2, 0.25) is 18.6 Å². The SMILES string of the molecule is CN(C(=O)C1(C(=O)NCc2ccc3c(c2)OCO3)CC1)c1ccccc1. The molecular weight excluding hydrogens is 332 g/mol. The van der Waals surface area contributed by atoms with Gasteiger partial charge in [-0.2, -0.15) is 0 Å². The zero-order valence-corrected chi connectivity index (χ0v) is 14.5. The molecule has 0 saturated heterocycles. The summed E-state index contributed by atoms with van der Waals surface area (Å²) in [6.07, 6.45) is 1.16. The number of carbonyl (C=O) groups excluding carboxylic acids is 2. The molecule has 4 rings (SSSR count). The highest BCUT2D eigenvalue weighted by atomic mass is 16.7.